The van der Waals surface area contributed by atoms with Crippen LogP contribution in [0.2, 0.25) is 0 Å². The lowest BCUT2D eigenvalue weighted by Crippen LogP contribution is -2.38. The molecular formula is C22H21N5OS. The molecule has 2 aromatic heterocycles. The van der Waals surface area contributed by atoms with Crippen LogP contribution in [0.25, 0.3) is 16.3 Å². The maximum Gasteiger partial charge on any atom is 0.322 e. The summed E-state index contributed by atoms with van der Waals surface area (Å²) in [6.45, 7) is 5.31. The fourth-order valence-corrected chi connectivity index (χ4v) is 4.71. The molecule has 0 bridgehead atoms. The molecule has 7 heteroatoms. The van der Waals surface area contributed by atoms with Crippen molar-refractivity contribution in [3.05, 3.63) is 70.2 Å². The molecule has 0 aliphatic carbocycles. The number of fused-ring (bicyclic) bond motifs is 3. The Morgan fingerprint density at radius 2 is 1.90 bits per heavy atom. The van der Waals surface area contributed by atoms with E-state index in [4.69, 9.17) is 10.1 Å². The highest BCUT2D eigenvalue weighted by molar-refractivity contribution is 7.17. The van der Waals surface area contributed by atoms with E-state index >= 15 is 0 Å². The van der Waals surface area contributed by atoms with Gasteiger partial charge in [-0.05, 0) is 25.5 Å². The second-order valence-corrected chi connectivity index (χ2v) is 8.45. The van der Waals surface area contributed by atoms with E-state index in [0.29, 0.717) is 13.1 Å². The average molecular weight is 404 g/mol. The number of benzene rings is 2. The molecule has 146 valence electrons. The number of urea groups is 1. The lowest BCUT2D eigenvalue weighted by atomic mass is 10.1. The molecule has 5 rings (SSSR count). The van der Waals surface area contributed by atoms with Crippen molar-refractivity contribution >= 4 is 28.0 Å². The number of aromatic nitrogens is 3. The summed E-state index contributed by atoms with van der Waals surface area (Å²) in [5, 5.41) is 7.76. The standard InChI is InChI=1S/C22H21N5OS/c1-14-7-9-16(10-8-14)20-24-22-27(25-20)18-11-12-26(13-19(18)29-22)21(28)23-17-6-4-3-5-15(17)2/h3-10H,11-13H2,1-2H3,(H,23,28). The molecule has 2 aromatic carbocycles. The molecule has 2 amide bonds. The van der Waals surface area contributed by atoms with E-state index in [0.717, 1.165) is 44.6 Å². The fourth-order valence-electron chi connectivity index (χ4n) is 3.59. The first-order valence-corrected chi connectivity index (χ1v) is 10.5. The zero-order chi connectivity index (χ0) is 20.0. The summed E-state index contributed by atoms with van der Waals surface area (Å²) in [5.41, 5.74) is 5.32. The van der Waals surface area contributed by atoms with Crippen molar-refractivity contribution in [1.29, 1.82) is 0 Å². The second-order valence-electron chi connectivity index (χ2n) is 7.38. The summed E-state index contributed by atoms with van der Waals surface area (Å²) in [7, 11) is 0. The summed E-state index contributed by atoms with van der Waals surface area (Å²) in [6, 6.07) is 16.0. The van der Waals surface area contributed by atoms with Crippen molar-refractivity contribution in [1.82, 2.24) is 19.5 Å². The van der Waals surface area contributed by atoms with Crippen LogP contribution in [0.5, 0.6) is 0 Å². The predicted octanol–water partition coefficient (Wildman–Crippen LogP) is 4.66. The van der Waals surface area contributed by atoms with Gasteiger partial charge in [0.25, 0.3) is 0 Å². The zero-order valence-electron chi connectivity index (χ0n) is 16.3. The third-order valence-corrected chi connectivity index (χ3v) is 6.36. The van der Waals surface area contributed by atoms with E-state index in [1.54, 1.807) is 11.3 Å². The van der Waals surface area contributed by atoms with Crippen LogP contribution in [0, 0.1) is 13.8 Å². The van der Waals surface area contributed by atoms with Gasteiger partial charge in [0.15, 0.2) is 5.82 Å². The third kappa shape index (κ3) is 3.27. The SMILES string of the molecule is Cc1ccc(-c2nc3sc4c(n3n2)CCN(C(=O)Nc2ccccc2C)C4)cc1. The number of hydrogen-bond acceptors (Lipinski definition) is 4. The third-order valence-electron chi connectivity index (χ3n) is 5.31. The Labute approximate surface area is 172 Å². The molecule has 0 saturated carbocycles. The number of rotatable bonds is 2. The summed E-state index contributed by atoms with van der Waals surface area (Å²) in [5.74, 6) is 0.749. The quantitative estimate of drug-likeness (QED) is 0.529. The number of hydrogen-bond donors (Lipinski definition) is 1. The lowest BCUT2D eigenvalue weighted by molar-refractivity contribution is 0.206. The van der Waals surface area contributed by atoms with Gasteiger partial charge in [-0.15, -0.1) is 5.10 Å². The van der Waals surface area contributed by atoms with E-state index in [9.17, 15) is 4.79 Å². The molecule has 1 aliphatic heterocycles. The van der Waals surface area contributed by atoms with Gasteiger partial charge in [0.05, 0.1) is 12.2 Å². The van der Waals surface area contributed by atoms with Crippen molar-refractivity contribution in [2.24, 2.45) is 0 Å². The topological polar surface area (TPSA) is 62.5 Å². The summed E-state index contributed by atoms with van der Waals surface area (Å²) < 4.78 is 1.95. The van der Waals surface area contributed by atoms with Crippen molar-refractivity contribution in [3.8, 4) is 11.4 Å². The highest BCUT2D eigenvalue weighted by Crippen LogP contribution is 2.30. The maximum absolute atomic E-state index is 12.7. The number of carbonyl (C=O) groups excluding carboxylic acids is 1. The fraction of sp³-hybridized carbons (Fsp3) is 0.227. The van der Waals surface area contributed by atoms with Crippen molar-refractivity contribution < 1.29 is 4.79 Å². The molecular weight excluding hydrogens is 382 g/mol. The van der Waals surface area contributed by atoms with Crippen LogP contribution >= 0.6 is 11.3 Å². The maximum atomic E-state index is 12.7. The molecule has 3 heterocycles. The Hall–Kier alpha value is -3.19. The Morgan fingerprint density at radius 3 is 2.69 bits per heavy atom. The Morgan fingerprint density at radius 1 is 1.10 bits per heavy atom. The van der Waals surface area contributed by atoms with Crippen LogP contribution < -0.4 is 5.32 Å². The molecule has 0 fully saturated rings. The smallest absolute Gasteiger partial charge is 0.319 e. The molecule has 4 aromatic rings. The van der Waals surface area contributed by atoms with Crippen LogP contribution in [0.4, 0.5) is 10.5 Å². The van der Waals surface area contributed by atoms with Gasteiger partial charge < -0.3 is 10.2 Å². The summed E-state index contributed by atoms with van der Waals surface area (Å²) in [4.78, 5) is 21.3. The van der Waals surface area contributed by atoms with Gasteiger partial charge in [-0.1, -0.05) is 59.4 Å². The zero-order valence-corrected chi connectivity index (χ0v) is 17.2. The van der Waals surface area contributed by atoms with Gasteiger partial charge in [-0.2, -0.15) is 4.98 Å². The van der Waals surface area contributed by atoms with Crippen molar-refractivity contribution in [3.63, 3.8) is 0 Å². The minimum Gasteiger partial charge on any atom is -0.319 e. The molecule has 0 spiro atoms. The number of thiazole rings is 1. The average Bonchev–Trinajstić information content (AvgIpc) is 3.27. The van der Waals surface area contributed by atoms with Crippen LogP contribution in [-0.2, 0) is 13.0 Å². The summed E-state index contributed by atoms with van der Waals surface area (Å²) >= 11 is 1.62. The molecule has 0 saturated heterocycles. The van der Waals surface area contributed by atoms with Crippen molar-refractivity contribution in [2.75, 3.05) is 11.9 Å². The highest BCUT2D eigenvalue weighted by atomic mass is 32.1. The van der Waals surface area contributed by atoms with Gasteiger partial charge in [0, 0.05) is 29.1 Å². The normalized spacial score (nSPS) is 13.5. The summed E-state index contributed by atoms with van der Waals surface area (Å²) in [6.07, 6.45) is 0.771. The first kappa shape index (κ1) is 17.9. The Kier molecular flexibility index (Phi) is 4.32. The van der Waals surface area contributed by atoms with Crippen LogP contribution in [0.3, 0.4) is 0 Å². The minimum atomic E-state index is -0.0655. The minimum absolute atomic E-state index is 0.0655. The largest absolute Gasteiger partial charge is 0.322 e. The number of para-hydroxylation sites is 1. The van der Waals surface area contributed by atoms with Gasteiger partial charge in [-0.25, -0.2) is 9.31 Å². The predicted molar refractivity (Wildman–Crippen MR) is 115 cm³/mol. The Bertz CT molecular complexity index is 1210. The molecule has 0 unspecified atom stereocenters. The number of nitrogens with zero attached hydrogens (tertiary/aromatic N) is 4. The molecule has 1 aliphatic rings. The van der Waals surface area contributed by atoms with E-state index < -0.39 is 0 Å². The molecule has 6 nitrogen and oxygen atoms in total. The molecule has 0 radical (unpaired) electrons. The van der Waals surface area contributed by atoms with Gasteiger partial charge in [0.2, 0.25) is 4.96 Å². The van der Waals surface area contributed by atoms with Crippen LogP contribution in [0.1, 0.15) is 21.7 Å². The van der Waals surface area contributed by atoms with Gasteiger partial charge in [-0.3, -0.25) is 0 Å². The van der Waals surface area contributed by atoms with Crippen LogP contribution in [-0.4, -0.2) is 32.1 Å². The van der Waals surface area contributed by atoms with E-state index in [-0.39, 0.29) is 6.03 Å². The van der Waals surface area contributed by atoms with E-state index in [2.05, 4.69) is 36.5 Å². The lowest BCUT2D eigenvalue weighted by Gasteiger charge is -2.27. The van der Waals surface area contributed by atoms with Gasteiger partial charge >= 0.3 is 6.03 Å². The Balaban J connectivity index is 1.37. The van der Waals surface area contributed by atoms with E-state index in [1.165, 1.54) is 5.56 Å². The highest BCUT2D eigenvalue weighted by Gasteiger charge is 2.26. The number of aryl methyl sites for hydroxylation is 2. The monoisotopic (exact) mass is 403 g/mol. The van der Waals surface area contributed by atoms with Crippen molar-refractivity contribution in [2.45, 2.75) is 26.8 Å². The van der Waals surface area contributed by atoms with Gasteiger partial charge in [0.1, 0.15) is 0 Å². The number of nitrogens with one attached hydrogen (secondary N) is 1. The second kappa shape index (κ2) is 7.00. The first-order valence-electron chi connectivity index (χ1n) is 9.64. The molecule has 0 atom stereocenters. The number of carbonyl (C=O) groups is 1. The van der Waals surface area contributed by atoms with E-state index in [1.807, 2.05) is 40.6 Å². The first-order chi connectivity index (χ1) is 14.1. The molecule has 29 heavy (non-hydrogen) atoms. The number of amides is 2. The number of anilines is 1. The molecule has 1 N–H and O–H groups in total. The van der Waals surface area contributed by atoms with Crippen LogP contribution in [0.15, 0.2) is 48.5 Å².